The summed E-state index contributed by atoms with van der Waals surface area (Å²) < 4.78 is 6.71. The predicted molar refractivity (Wildman–Crippen MR) is 82.1 cm³/mol. The Morgan fingerprint density at radius 2 is 2.35 bits per heavy atom. The smallest absolute Gasteiger partial charge is 0.229 e. The fourth-order valence-corrected chi connectivity index (χ4v) is 2.45. The molecule has 0 radical (unpaired) electrons. The van der Waals surface area contributed by atoms with Crippen LogP contribution in [0, 0.1) is 5.41 Å². The molecule has 110 valence electrons. The summed E-state index contributed by atoms with van der Waals surface area (Å²) in [6, 6.07) is 3.70. The Labute approximate surface area is 132 Å². The van der Waals surface area contributed by atoms with Crippen LogP contribution in [-0.2, 0) is 4.79 Å². The normalized spacial score (nSPS) is 19.2. The van der Waals surface area contributed by atoms with Crippen LogP contribution in [0.2, 0.25) is 0 Å². The standard InChI is InChI=1S/C14H18BrClN2O2/c1-14(2,9-16)13(19)18-6-5-11(8-18)20-12-4-3-10(15)7-17-12/h3-4,7,11H,5-6,8-9H2,1-2H3. The minimum Gasteiger partial charge on any atom is -0.472 e. The summed E-state index contributed by atoms with van der Waals surface area (Å²) in [6.07, 6.45) is 2.52. The van der Waals surface area contributed by atoms with Crippen molar-refractivity contribution in [1.82, 2.24) is 9.88 Å². The lowest BCUT2D eigenvalue weighted by molar-refractivity contribution is -0.138. The second-order valence-electron chi connectivity index (χ2n) is 5.61. The molecule has 0 N–H and O–H groups in total. The summed E-state index contributed by atoms with van der Waals surface area (Å²) in [5, 5.41) is 0. The van der Waals surface area contributed by atoms with Crippen molar-refractivity contribution >= 4 is 33.4 Å². The summed E-state index contributed by atoms with van der Waals surface area (Å²) in [5.41, 5.74) is -0.522. The van der Waals surface area contributed by atoms with Gasteiger partial charge in [0, 0.05) is 35.6 Å². The Morgan fingerprint density at radius 3 is 2.95 bits per heavy atom. The zero-order chi connectivity index (χ0) is 14.8. The second kappa shape index (κ2) is 6.31. The zero-order valence-corrected chi connectivity index (χ0v) is 13.9. The number of ether oxygens (including phenoxy) is 1. The maximum Gasteiger partial charge on any atom is 0.229 e. The number of carbonyl (C=O) groups excluding carboxylic acids is 1. The lowest BCUT2D eigenvalue weighted by Gasteiger charge is -2.27. The van der Waals surface area contributed by atoms with Gasteiger partial charge in [-0.25, -0.2) is 4.98 Å². The van der Waals surface area contributed by atoms with Gasteiger partial charge in [0.05, 0.1) is 12.0 Å². The molecule has 1 fully saturated rings. The summed E-state index contributed by atoms with van der Waals surface area (Å²) in [4.78, 5) is 18.3. The Morgan fingerprint density at radius 1 is 1.60 bits per heavy atom. The highest BCUT2D eigenvalue weighted by atomic mass is 79.9. The SMILES string of the molecule is CC(C)(CCl)C(=O)N1CCC(Oc2ccc(Br)cn2)C1. The van der Waals surface area contributed by atoms with E-state index in [2.05, 4.69) is 20.9 Å². The number of pyridine rings is 1. The third-order valence-corrected chi connectivity index (χ3v) is 4.47. The molecule has 0 bridgehead atoms. The largest absolute Gasteiger partial charge is 0.472 e. The molecule has 1 aromatic rings. The highest BCUT2D eigenvalue weighted by molar-refractivity contribution is 9.10. The first kappa shape index (κ1) is 15.6. The predicted octanol–water partition coefficient (Wildman–Crippen LogP) is 3.09. The van der Waals surface area contributed by atoms with E-state index in [0.29, 0.717) is 24.8 Å². The Hall–Kier alpha value is -0.810. The molecule has 20 heavy (non-hydrogen) atoms. The number of carbonyl (C=O) groups is 1. The van der Waals surface area contributed by atoms with Crippen molar-refractivity contribution in [2.24, 2.45) is 5.41 Å². The minimum absolute atomic E-state index is 0.00116. The monoisotopic (exact) mass is 360 g/mol. The van der Waals surface area contributed by atoms with Crippen molar-refractivity contribution in [1.29, 1.82) is 0 Å². The summed E-state index contributed by atoms with van der Waals surface area (Å²) in [7, 11) is 0. The Bertz CT molecular complexity index is 479. The van der Waals surface area contributed by atoms with E-state index in [1.54, 1.807) is 6.20 Å². The number of hydrogen-bond donors (Lipinski definition) is 0. The fourth-order valence-electron chi connectivity index (χ4n) is 2.10. The van der Waals surface area contributed by atoms with E-state index in [0.717, 1.165) is 10.9 Å². The average Bonchev–Trinajstić information content (AvgIpc) is 2.89. The van der Waals surface area contributed by atoms with Crippen molar-refractivity contribution < 1.29 is 9.53 Å². The highest BCUT2D eigenvalue weighted by Gasteiger charge is 2.36. The lowest BCUT2D eigenvalue weighted by atomic mass is 9.94. The molecule has 0 aromatic carbocycles. The molecule has 0 saturated carbocycles. The topological polar surface area (TPSA) is 42.4 Å². The molecule has 1 aromatic heterocycles. The number of halogens is 2. The minimum atomic E-state index is -0.522. The van der Waals surface area contributed by atoms with Crippen LogP contribution >= 0.6 is 27.5 Å². The van der Waals surface area contributed by atoms with Gasteiger partial charge in [0.25, 0.3) is 0 Å². The molecule has 0 spiro atoms. The molecule has 4 nitrogen and oxygen atoms in total. The van der Waals surface area contributed by atoms with Gasteiger partial charge in [-0.15, -0.1) is 11.6 Å². The van der Waals surface area contributed by atoms with E-state index in [9.17, 15) is 4.79 Å². The Kier molecular flexibility index (Phi) is 4.91. The summed E-state index contributed by atoms with van der Waals surface area (Å²) in [6.45, 7) is 5.04. The molecule has 0 aliphatic carbocycles. The van der Waals surface area contributed by atoms with Crippen LogP contribution in [0.15, 0.2) is 22.8 Å². The van der Waals surface area contributed by atoms with Gasteiger partial charge in [0.15, 0.2) is 0 Å². The second-order valence-corrected chi connectivity index (χ2v) is 6.79. The van der Waals surface area contributed by atoms with Gasteiger partial charge in [0.2, 0.25) is 11.8 Å². The van der Waals surface area contributed by atoms with Gasteiger partial charge in [-0.05, 0) is 35.8 Å². The van der Waals surface area contributed by atoms with Crippen LogP contribution < -0.4 is 4.74 Å². The van der Waals surface area contributed by atoms with Gasteiger partial charge >= 0.3 is 0 Å². The van der Waals surface area contributed by atoms with Crippen molar-refractivity contribution in [2.75, 3.05) is 19.0 Å². The number of amides is 1. The lowest BCUT2D eigenvalue weighted by Crippen LogP contribution is -2.41. The third-order valence-electron chi connectivity index (χ3n) is 3.33. The van der Waals surface area contributed by atoms with Crippen LogP contribution in [0.25, 0.3) is 0 Å². The molecule has 6 heteroatoms. The first-order valence-corrected chi connectivity index (χ1v) is 7.88. The molecule has 2 rings (SSSR count). The van der Waals surface area contributed by atoms with Gasteiger partial charge in [-0.1, -0.05) is 0 Å². The maximum atomic E-state index is 12.3. The van der Waals surface area contributed by atoms with Gasteiger partial charge in [0.1, 0.15) is 6.10 Å². The van der Waals surface area contributed by atoms with E-state index in [1.165, 1.54) is 0 Å². The molecule has 2 heterocycles. The molecule has 1 saturated heterocycles. The van der Waals surface area contributed by atoms with E-state index in [-0.39, 0.29) is 12.0 Å². The van der Waals surface area contributed by atoms with Crippen molar-refractivity contribution in [3.05, 3.63) is 22.8 Å². The summed E-state index contributed by atoms with van der Waals surface area (Å²) >= 11 is 9.19. The van der Waals surface area contributed by atoms with Crippen LogP contribution in [0.5, 0.6) is 5.88 Å². The zero-order valence-electron chi connectivity index (χ0n) is 11.6. The number of aromatic nitrogens is 1. The van der Waals surface area contributed by atoms with Gasteiger partial charge < -0.3 is 9.64 Å². The summed E-state index contributed by atoms with van der Waals surface area (Å²) in [5.74, 6) is 0.994. The third kappa shape index (κ3) is 3.64. The van der Waals surface area contributed by atoms with Crippen LogP contribution in [-0.4, -0.2) is 40.9 Å². The van der Waals surface area contributed by atoms with Crippen LogP contribution in [0.3, 0.4) is 0 Å². The molecule has 1 aliphatic heterocycles. The molecular weight excluding hydrogens is 344 g/mol. The van der Waals surface area contributed by atoms with Gasteiger partial charge in [-0.3, -0.25) is 4.79 Å². The number of alkyl halides is 1. The quantitative estimate of drug-likeness (QED) is 0.774. The van der Waals surface area contributed by atoms with E-state index >= 15 is 0 Å². The van der Waals surface area contributed by atoms with Gasteiger partial charge in [-0.2, -0.15) is 0 Å². The number of rotatable bonds is 4. The molecule has 1 atom stereocenters. The number of nitrogens with zero attached hydrogens (tertiary/aromatic N) is 2. The highest BCUT2D eigenvalue weighted by Crippen LogP contribution is 2.25. The molecule has 1 amide bonds. The maximum absolute atomic E-state index is 12.3. The molecular formula is C14H18BrClN2O2. The first-order valence-electron chi connectivity index (χ1n) is 6.56. The molecule has 1 aliphatic rings. The van der Waals surface area contributed by atoms with E-state index in [1.807, 2.05) is 30.9 Å². The van der Waals surface area contributed by atoms with Crippen molar-refractivity contribution in [2.45, 2.75) is 26.4 Å². The van der Waals surface area contributed by atoms with Crippen molar-refractivity contribution in [3.8, 4) is 5.88 Å². The Balaban J connectivity index is 1.92. The molecule has 1 unspecified atom stereocenters. The van der Waals surface area contributed by atoms with Crippen molar-refractivity contribution in [3.63, 3.8) is 0 Å². The van der Waals surface area contributed by atoms with E-state index < -0.39 is 5.41 Å². The number of likely N-dealkylation sites (tertiary alicyclic amines) is 1. The van der Waals surface area contributed by atoms with Crippen LogP contribution in [0.4, 0.5) is 0 Å². The average molecular weight is 362 g/mol. The fraction of sp³-hybridized carbons (Fsp3) is 0.571. The van der Waals surface area contributed by atoms with Crippen LogP contribution in [0.1, 0.15) is 20.3 Å². The van der Waals surface area contributed by atoms with E-state index in [4.69, 9.17) is 16.3 Å². The number of hydrogen-bond acceptors (Lipinski definition) is 3. The first-order chi connectivity index (χ1) is 9.42.